The first-order valence-corrected chi connectivity index (χ1v) is 6.78. The van der Waals surface area contributed by atoms with Crippen LogP contribution >= 0.6 is 11.3 Å². The maximum Gasteiger partial charge on any atom is 0.406 e. The molecule has 2 amide bonds. The van der Waals surface area contributed by atoms with Crippen molar-refractivity contribution in [1.82, 2.24) is 10.2 Å². The molecule has 4 nitrogen and oxygen atoms in total. The predicted octanol–water partition coefficient (Wildman–Crippen LogP) is 1.95. The average molecular weight is 306 g/mol. The van der Waals surface area contributed by atoms with Crippen molar-refractivity contribution in [2.45, 2.75) is 25.6 Å². The first-order chi connectivity index (χ1) is 9.24. The molecule has 1 aliphatic heterocycles. The second-order valence-electron chi connectivity index (χ2n) is 4.67. The smallest absolute Gasteiger partial charge is 0.346 e. The number of nitrogens with zero attached hydrogens (tertiary/aromatic N) is 1. The van der Waals surface area contributed by atoms with Gasteiger partial charge in [-0.2, -0.15) is 13.2 Å². The van der Waals surface area contributed by atoms with Crippen molar-refractivity contribution in [1.29, 1.82) is 0 Å². The van der Waals surface area contributed by atoms with Gasteiger partial charge in [-0.15, -0.1) is 11.3 Å². The number of carbonyl (C=O) groups excluding carboxylic acids is 2. The van der Waals surface area contributed by atoms with Crippen LogP contribution in [0.2, 0.25) is 0 Å². The van der Waals surface area contributed by atoms with Crippen molar-refractivity contribution in [3.63, 3.8) is 0 Å². The summed E-state index contributed by atoms with van der Waals surface area (Å²) in [5.41, 5.74) is 0. The van der Waals surface area contributed by atoms with Crippen molar-refractivity contribution in [3.05, 3.63) is 21.9 Å². The molecule has 20 heavy (non-hydrogen) atoms. The van der Waals surface area contributed by atoms with Gasteiger partial charge in [0.15, 0.2) is 0 Å². The van der Waals surface area contributed by atoms with Gasteiger partial charge in [0.25, 0.3) is 5.91 Å². The van der Waals surface area contributed by atoms with Crippen LogP contribution in [-0.4, -0.2) is 42.0 Å². The molecule has 2 rings (SSSR count). The average Bonchev–Trinajstić information content (AvgIpc) is 2.84. The second kappa shape index (κ2) is 5.43. The summed E-state index contributed by atoms with van der Waals surface area (Å²) in [4.78, 5) is 25.5. The van der Waals surface area contributed by atoms with Crippen molar-refractivity contribution in [3.8, 4) is 0 Å². The summed E-state index contributed by atoms with van der Waals surface area (Å²) in [7, 11) is 0. The molecular weight excluding hydrogens is 293 g/mol. The summed E-state index contributed by atoms with van der Waals surface area (Å²) in [5.74, 6) is -0.940. The van der Waals surface area contributed by atoms with Crippen molar-refractivity contribution in [2.24, 2.45) is 0 Å². The topological polar surface area (TPSA) is 49.4 Å². The van der Waals surface area contributed by atoms with Crippen LogP contribution in [0.4, 0.5) is 13.2 Å². The van der Waals surface area contributed by atoms with Gasteiger partial charge in [0.05, 0.1) is 10.9 Å². The summed E-state index contributed by atoms with van der Waals surface area (Å²) in [5, 5.41) is 2.60. The molecule has 0 saturated carbocycles. The van der Waals surface area contributed by atoms with Crippen LogP contribution in [0.1, 0.15) is 21.0 Å². The number of halogens is 3. The lowest BCUT2D eigenvalue weighted by Crippen LogP contribution is -2.39. The van der Waals surface area contributed by atoms with Gasteiger partial charge in [0, 0.05) is 17.8 Å². The third-order valence-corrected chi connectivity index (χ3v) is 3.88. The molecule has 110 valence electrons. The quantitative estimate of drug-likeness (QED) is 0.928. The van der Waals surface area contributed by atoms with Crippen LogP contribution in [-0.2, 0) is 4.79 Å². The van der Waals surface area contributed by atoms with E-state index in [9.17, 15) is 22.8 Å². The Labute approximate surface area is 117 Å². The number of likely N-dealkylation sites (tertiary alicyclic amines) is 1. The van der Waals surface area contributed by atoms with E-state index in [2.05, 4.69) is 5.32 Å². The summed E-state index contributed by atoms with van der Waals surface area (Å²) in [6.45, 7) is 0.483. The fraction of sp³-hybridized carbons (Fsp3) is 0.500. The Morgan fingerprint density at radius 2 is 2.20 bits per heavy atom. The maximum absolute atomic E-state index is 12.3. The van der Waals surface area contributed by atoms with E-state index in [4.69, 9.17) is 0 Å². The van der Waals surface area contributed by atoms with Gasteiger partial charge in [0.1, 0.15) is 6.54 Å². The number of carbonyl (C=O) groups is 2. The molecule has 0 radical (unpaired) electrons. The number of hydrogen-bond donors (Lipinski definition) is 1. The van der Waals surface area contributed by atoms with E-state index in [1.165, 1.54) is 11.3 Å². The highest BCUT2D eigenvalue weighted by Crippen LogP contribution is 2.21. The molecule has 1 aromatic heterocycles. The van der Waals surface area contributed by atoms with Gasteiger partial charge >= 0.3 is 6.18 Å². The number of aryl methyl sites for hydroxylation is 1. The van der Waals surface area contributed by atoms with Crippen LogP contribution in [0, 0.1) is 6.92 Å². The molecule has 1 fully saturated rings. The van der Waals surface area contributed by atoms with E-state index >= 15 is 0 Å². The van der Waals surface area contributed by atoms with Crippen LogP contribution < -0.4 is 5.32 Å². The molecule has 8 heteroatoms. The minimum absolute atomic E-state index is 0.0911. The van der Waals surface area contributed by atoms with E-state index in [1.54, 1.807) is 12.1 Å². The molecular formula is C12H13F3N2O2S. The zero-order valence-corrected chi connectivity index (χ0v) is 11.5. The SMILES string of the molecule is Cc1ccc(C(=O)N[C@@H]2CC(=O)N(CC(F)(F)F)C2)s1. The van der Waals surface area contributed by atoms with E-state index in [-0.39, 0.29) is 18.9 Å². The Morgan fingerprint density at radius 1 is 1.50 bits per heavy atom. The first-order valence-electron chi connectivity index (χ1n) is 5.96. The molecule has 1 saturated heterocycles. The van der Waals surface area contributed by atoms with Crippen LogP contribution in [0.3, 0.4) is 0 Å². The highest BCUT2D eigenvalue weighted by molar-refractivity contribution is 7.13. The van der Waals surface area contributed by atoms with Gasteiger partial charge in [-0.3, -0.25) is 9.59 Å². The van der Waals surface area contributed by atoms with E-state index < -0.39 is 24.7 Å². The molecule has 0 aliphatic carbocycles. The third-order valence-electron chi connectivity index (χ3n) is 2.88. The van der Waals surface area contributed by atoms with Crippen molar-refractivity contribution in [2.75, 3.05) is 13.1 Å². The van der Waals surface area contributed by atoms with Crippen LogP contribution in [0.15, 0.2) is 12.1 Å². The Balaban J connectivity index is 1.92. The van der Waals surface area contributed by atoms with Crippen LogP contribution in [0.25, 0.3) is 0 Å². The normalized spacial score (nSPS) is 19.5. The highest BCUT2D eigenvalue weighted by atomic mass is 32.1. The number of alkyl halides is 3. The zero-order valence-electron chi connectivity index (χ0n) is 10.7. The van der Waals surface area contributed by atoms with E-state index in [0.29, 0.717) is 4.88 Å². The van der Waals surface area contributed by atoms with Gasteiger partial charge in [-0.25, -0.2) is 0 Å². The van der Waals surface area contributed by atoms with Gasteiger partial charge in [-0.05, 0) is 19.1 Å². The minimum Gasteiger partial charge on any atom is -0.346 e. The van der Waals surface area contributed by atoms with E-state index in [1.807, 2.05) is 6.92 Å². The largest absolute Gasteiger partial charge is 0.406 e. The maximum atomic E-state index is 12.3. The lowest BCUT2D eigenvalue weighted by atomic mass is 10.2. The molecule has 1 aliphatic rings. The molecule has 1 atom stereocenters. The Bertz CT molecular complexity index is 527. The second-order valence-corrected chi connectivity index (χ2v) is 5.96. The number of amides is 2. The minimum atomic E-state index is -4.42. The molecule has 0 bridgehead atoms. The summed E-state index contributed by atoms with van der Waals surface area (Å²) in [6, 6.07) is 2.87. The molecule has 1 N–H and O–H groups in total. The molecule has 0 spiro atoms. The highest BCUT2D eigenvalue weighted by Gasteiger charge is 2.38. The number of thiophene rings is 1. The number of nitrogens with one attached hydrogen (secondary N) is 1. The number of rotatable bonds is 3. The Morgan fingerprint density at radius 3 is 2.75 bits per heavy atom. The Kier molecular flexibility index (Phi) is 4.03. The fourth-order valence-electron chi connectivity index (χ4n) is 2.05. The van der Waals surface area contributed by atoms with Crippen molar-refractivity contribution >= 4 is 23.2 Å². The molecule has 1 aromatic rings. The predicted molar refractivity (Wildman–Crippen MR) is 67.6 cm³/mol. The number of hydrogen-bond acceptors (Lipinski definition) is 3. The molecule has 2 heterocycles. The lowest BCUT2D eigenvalue weighted by molar-refractivity contribution is -0.157. The fourth-order valence-corrected chi connectivity index (χ4v) is 2.82. The summed E-state index contributed by atoms with van der Waals surface area (Å²) in [6.07, 6.45) is -4.51. The van der Waals surface area contributed by atoms with E-state index in [0.717, 1.165) is 9.78 Å². The van der Waals surface area contributed by atoms with Crippen LogP contribution in [0.5, 0.6) is 0 Å². The summed E-state index contributed by atoms with van der Waals surface area (Å²) >= 11 is 1.30. The first kappa shape index (κ1) is 14.8. The molecule has 0 aromatic carbocycles. The van der Waals surface area contributed by atoms with Gasteiger partial charge in [0.2, 0.25) is 5.91 Å². The van der Waals surface area contributed by atoms with Gasteiger partial charge < -0.3 is 10.2 Å². The van der Waals surface area contributed by atoms with Gasteiger partial charge in [-0.1, -0.05) is 0 Å². The molecule has 0 unspecified atom stereocenters. The van der Waals surface area contributed by atoms with Crippen molar-refractivity contribution < 1.29 is 22.8 Å². The third kappa shape index (κ3) is 3.72. The standard InChI is InChI=1S/C12H13F3N2O2S/c1-7-2-3-9(20-7)11(19)16-8-4-10(18)17(5-8)6-12(13,14)15/h2-3,8H,4-6H2,1H3,(H,16,19)/t8-/m1/s1. The summed E-state index contributed by atoms with van der Waals surface area (Å²) < 4.78 is 36.8. The zero-order chi connectivity index (χ0) is 14.9. The lowest BCUT2D eigenvalue weighted by Gasteiger charge is -2.18. The monoisotopic (exact) mass is 306 g/mol. The Hall–Kier alpha value is -1.57.